The fraction of sp³-hybridized carbons (Fsp3) is 0.312. The van der Waals surface area contributed by atoms with Crippen molar-refractivity contribution in [2.75, 3.05) is 0 Å². The van der Waals surface area contributed by atoms with Crippen molar-refractivity contribution in [1.82, 2.24) is 4.98 Å². The molecule has 112 valence electrons. The normalized spacial score (nSPS) is 15.2. The number of pyridine rings is 1. The smallest absolute Gasteiger partial charge is 0.219 e. The molecule has 1 heterocycles. The highest BCUT2D eigenvalue weighted by atomic mass is 32.2. The van der Waals surface area contributed by atoms with Crippen LogP contribution < -0.4 is 9.88 Å². The summed E-state index contributed by atoms with van der Waals surface area (Å²) in [6.45, 7) is 3.98. The van der Waals surface area contributed by atoms with Gasteiger partial charge in [0.2, 0.25) is 5.88 Å². The highest BCUT2D eigenvalue weighted by Crippen LogP contribution is 2.24. The van der Waals surface area contributed by atoms with Gasteiger partial charge in [0.15, 0.2) is 0 Å². The second-order valence-electron chi connectivity index (χ2n) is 5.12. The fourth-order valence-corrected chi connectivity index (χ4v) is 2.56. The van der Waals surface area contributed by atoms with Crippen molar-refractivity contribution < 1.29 is 8.95 Å². The lowest BCUT2D eigenvalue weighted by molar-refractivity contribution is 0.462. The summed E-state index contributed by atoms with van der Waals surface area (Å²) in [7, 11) is -1.28. The van der Waals surface area contributed by atoms with Gasteiger partial charge < -0.3 is 4.74 Å². The molecule has 0 radical (unpaired) electrons. The van der Waals surface area contributed by atoms with Gasteiger partial charge in [-0.2, -0.15) is 0 Å². The molecule has 2 N–H and O–H groups in total. The maximum Gasteiger partial charge on any atom is 0.219 e. The number of hydrogen-bond donors (Lipinski definition) is 1. The molecule has 1 aromatic carbocycles. The van der Waals surface area contributed by atoms with Gasteiger partial charge in [-0.3, -0.25) is 5.14 Å². The van der Waals surface area contributed by atoms with E-state index in [9.17, 15) is 4.21 Å². The number of rotatable bonds is 6. The molecule has 0 aliphatic carbocycles. The predicted molar refractivity (Wildman–Crippen MR) is 85.6 cm³/mol. The zero-order valence-electron chi connectivity index (χ0n) is 12.2. The molecule has 5 heteroatoms. The van der Waals surface area contributed by atoms with Crippen LogP contribution in [-0.4, -0.2) is 14.4 Å². The number of benzene rings is 1. The lowest BCUT2D eigenvalue weighted by Gasteiger charge is -2.15. The van der Waals surface area contributed by atoms with E-state index in [1.165, 1.54) is 0 Å². The summed E-state index contributed by atoms with van der Waals surface area (Å²) in [5.74, 6) is 1.58. The first-order valence-corrected chi connectivity index (χ1v) is 8.17. The lowest BCUT2D eigenvalue weighted by Crippen LogP contribution is -2.20. The number of aromatic nitrogens is 1. The van der Waals surface area contributed by atoms with E-state index in [0.717, 1.165) is 17.7 Å². The van der Waals surface area contributed by atoms with Crippen LogP contribution >= 0.6 is 0 Å². The molecular weight excluding hydrogens is 284 g/mol. The van der Waals surface area contributed by atoms with Crippen LogP contribution in [0.2, 0.25) is 0 Å². The third kappa shape index (κ3) is 4.65. The number of para-hydroxylation sites is 1. The summed E-state index contributed by atoms with van der Waals surface area (Å²) in [6.07, 6.45) is 2.57. The van der Waals surface area contributed by atoms with E-state index in [1.54, 1.807) is 6.20 Å². The van der Waals surface area contributed by atoms with Crippen molar-refractivity contribution in [3.8, 4) is 11.6 Å². The number of nitrogens with zero attached hydrogens (tertiary/aromatic N) is 1. The molecule has 0 saturated heterocycles. The quantitative estimate of drug-likeness (QED) is 0.889. The first-order valence-electron chi connectivity index (χ1n) is 6.90. The first-order chi connectivity index (χ1) is 10.1. The van der Waals surface area contributed by atoms with Crippen molar-refractivity contribution in [3.63, 3.8) is 0 Å². The molecule has 3 atom stereocenters. The van der Waals surface area contributed by atoms with Crippen molar-refractivity contribution in [2.45, 2.75) is 31.4 Å². The Morgan fingerprint density at radius 1 is 1.19 bits per heavy atom. The maximum absolute atomic E-state index is 11.2. The molecular formula is C16H20N2O2S. The Bertz CT molecular complexity index is 587. The monoisotopic (exact) mass is 304 g/mol. The largest absolute Gasteiger partial charge is 0.439 e. The average molecular weight is 304 g/mol. The van der Waals surface area contributed by atoms with Crippen molar-refractivity contribution in [3.05, 3.63) is 54.2 Å². The molecule has 0 saturated carbocycles. The van der Waals surface area contributed by atoms with Crippen LogP contribution in [0.15, 0.2) is 48.7 Å². The highest BCUT2D eigenvalue weighted by Gasteiger charge is 2.14. The minimum Gasteiger partial charge on any atom is -0.439 e. The zero-order valence-corrected chi connectivity index (χ0v) is 13.0. The second kappa shape index (κ2) is 7.33. The van der Waals surface area contributed by atoms with E-state index in [0.29, 0.717) is 5.88 Å². The molecule has 0 bridgehead atoms. The van der Waals surface area contributed by atoms with Gasteiger partial charge in [0.05, 0.1) is 11.0 Å². The Morgan fingerprint density at radius 3 is 2.48 bits per heavy atom. The first kappa shape index (κ1) is 15.7. The van der Waals surface area contributed by atoms with Gasteiger partial charge in [-0.05, 0) is 37.0 Å². The Kier molecular flexibility index (Phi) is 5.47. The molecule has 2 unspecified atom stereocenters. The maximum atomic E-state index is 11.2. The minimum atomic E-state index is -1.28. The summed E-state index contributed by atoms with van der Waals surface area (Å²) in [5.41, 5.74) is 1.09. The standard InChI is InChI=1S/C16H20N2O2S/c1-12(10-13(2)21(17)19)14-8-9-16(18-11-14)20-15-6-4-3-5-7-15/h3-9,11-13H,10,17H2,1-2H3/t12-,13?,21?/m0/s1. The van der Waals surface area contributed by atoms with Crippen LogP contribution in [0.25, 0.3) is 0 Å². The van der Waals surface area contributed by atoms with Crippen molar-refractivity contribution >= 4 is 11.0 Å². The van der Waals surface area contributed by atoms with Crippen LogP contribution in [0.3, 0.4) is 0 Å². The van der Waals surface area contributed by atoms with Crippen molar-refractivity contribution in [1.29, 1.82) is 0 Å². The summed E-state index contributed by atoms with van der Waals surface area (Å²) < 4.78 is 16.9. The van der Waals surface area contributed by atoms with Crippen LogP contribution in [0.5, 0.6) is 11.6 Å². The Hall–Kier alpha value is -1.72. The Morgan fingerprint density at radius 2 is 1.90 bits per heavy atom. The van der Waals surface area contributed by atoms with Crippen LogP contribution in [0, 0.1) is 0 Å². The Balaban J connectivity index is 2.00. The van der Waals surface area contributed by atoms with Gasteiger partial charge in [-0.1, -0.05) is 31.2 Å². The molecule has 0 spiro atoms. The second-order valence-corrected chi connectivity index (χ2v) is 6.58. The van der Waals surface area contributed by atoms with Gasteiger partial charge in [0, 0.05) is 17.5 Å². The summed E-state index contributed by atoms with van der Waals surface area (Å²) in [6, 6.07) is 13.4. The minimum absolute atomic E-state index is 0.0276. The molecule has 2 aromatic rings. The molecule has 0 aliphatic heterocycles. The molecule has 1 aromatic heterocycles. The van der Waals surface area contributed by atoms with Gasteiger partial charge in [-0.25, -0.2) is 9.19 Å². The topological polar surface area (TPSA) is 65.2 Å². The summed E-state index contributed by atoms with van der Waals surface area (Å²) >= 11 is 0. The van der Waals surface area contributed by atoms with Gasteiger partial charge >= 0.3 is 0 Å². The van der Waals surface area contributed by atoms with E-state index < -0.39 is 11.0 Å². The van der Waals surface area contributed by atoms with Crippen molar-refractivity contribution in [2.24, 2.45) is 5.14 Å². The van der Waals surface area contributed by atoms with Crippen LogP contribution in [-0.2, 0) is 11.0 Å². The number of ether oxygens (including phenoxy) is 1. The average Bonchev–Trinajstić information content (AvgIpc) is 2.48. The van der Waals surface area contributed by atoms with Gasteiger partial charge in [0.25, 0.3) is 0 Å². The van der Waals surface area contributed by atoms with Gasteiger partial charge in [0.1, 0.15) is 5.75 Å². The summed E-state index contributed by atoms with van der Waals surface area (Å²) in [4.78, 5) is 4.32. The zero-order chi connectivity index (χ0) is 15.2. The Labute approximate surface area is 127 Å². The van der Waals surface area contributed by atoms with Crippen LogP contribution in [0.4, 0.5) is 0 Å². The van der Waals surface area contributed by atoms with E-state index in [-0.39, 0.29) is 11.2 Å². The molecule has 0 fully saturated rings. The molecule has 2 rings (SSSR count). The number of hydrogen-bond acceptors (Lipinski definition) is 3. The van der Waals surface area contributed by atoms with E-state index >= 15 is 0 Å². The van der Waals surface area contributed by atoms with Crippen LogP contribution in [0.1, 0.15) is 31.7 Å². The van der Waals surface area contributed by atoms with E-state index in [2.05, 4.69) is 11.9 Å². The highest BCUT2D eigenvalue weighted by molar-refractivity contribution is 7.83. The third-order valence-corrected chi connectivity index (χ3v) is 4.36. The predicted octanol–water partition coefficient (Wildman–Crippen LogP) is 3.38. The third-order valence-electron chi connectivity index (χ3n) is 3.38. The molecule has 21 heavy (non-hydrogen) atoms. The summed E-state index contributed by atoms with van der Waals surface area (Å²) in [5, 5.41) is 5.38. The fourth-order valence-electron chi connectivity index (χ4n) is 2.08. The van der Waals surface area contributed by atoms with E-state index in [4.69, 9.17) is 9.88 Å². The lowest BCUT2D eigenvalue weighted by atomic mass is 9.98. The SMILES string of the molecule is CC(C[C@H](C)c1ccc(Oc2ccccc2)nc1)S(N)=O. The molecule has 0 aliphatic rings. The van der Waals surface area contributed by atoms with E-state index in [1.807, 2.05) is 49.4 Å². The van der Waals surface area contributed by atoms with Gasteiger partial charge in [-0.15, -0.1) is 0 Å². The number of nitrogens with two attached hydrogens (primary N) is 1. The molecule has 0 amide bonds. The molecule has 4 nitrogen and oxygen atoms in total.